The summed E-state index contributed by atoms with van der Waals surface area (Å²) in [5.41, 5.74) is 1.36. The molecular weight excluding hydrogens is 193 g/mol. The van der Waals surface area contributed by atoms with E-state index in [0.717, 1.165) is 0 Å². The molecule has 0 bridgehead atoms. The third-order valence-electron chi connectivity index (χ3n) is 2.07. The summed E-state index contributed by atoms with van der Waals surface area (Å²) in [6.45, 7) is 3.57. The highest BCUT2D eigenvalue weighted by molar-refractivity contribution is 5.78. The van der Waals surface area contributed by atoms with Crippen molar-refractivity contribution in [3.63, 3.8) is 0 Å². The fourth-order valence-electron chi connectivity index (χ4n) is 1.23. The number of hydrogen-bond donors (Lipinski definition) is 0. The Balaban J connectivity index is 2.90. The molecule has 0 saturated carbocycles. The van der Waals surface area contributed by atoms with Gasteiger partial charge in [0.1, 0.15) is 5.82 Å². The average molecular weight is 207 g/mol. The van der Waals surface area contributed by atoms with Crippen LogP contribution in [0.5, 0.6) is 0 Å². The molecule has 0 heterocycles. The van der Waals surface area contributed by atoms with Gasteiger partial charge < -0.3 is 4.90 Å². The summed E-state index contributed by atoms with van der Waals surface area (Å²) >= 11 is 0. The number of nitrogens with zero attached hydrogens (tertiary/aromatic N) is 1. The van der Waals surface area contributed by atoms with E-state index in [9.17, 15) is 9.18 Å². The van der Waals surface area contributed by atoms with Gasteiger partial charge in [-0.25, -0.2) is 4.39 Å². The van der Waals surface area contributed by atoms with Crippen molar-refractivity contribution in [2.45, 2.75) is 6.42 Å². The van der Waals surface area contributed by atoms with Crippen molar-refractivity contribution >= 4 is 12.0 Å². The smallest absolute Gasteiger partial charge is 0.226 e. The molecule has 0 spiro atoms. The van der Waals surface area contributed by atoms with Crippen LogP contribution in [0.3, 0.4) is 0 Å². The van der Waals surface area contributed by atoms with E-state index in [4.69, 9.17) is 0 Å². The van der Waals surface area contributed by atoms with Gasteiger partial charge in [0.2, 0.25) is 5.91 Å². The second kappa shape index (κ2) is 4.73. The predicted octanol–water partition coefficient (Wildman–Crippen LogP) is 2.10. The van der Waals surface area contributed by atoms with Crippen molar-refractivity contribution in [1.29, 1.82) is 0 Å². The van der Waals surface area contributed by atoms with Crippen molar-refractivity contribution in [2.24, 2.45) is 0 Å². The van der Waals surface area contributed by atoms with Crippen LogP contribution >= 0.6 is 0 Å². The molecule has 1 amide bonds. The third-order valence-corrected chi connectivity index (χ3v) is 2.07. The molecular formula is C12H14FNO. The van der Waals surface area contributed by atoms with Crippen LogP contribution in [-0.2, 0) is 11.2 Å². The molecule has 2 nitrogen and oxygen atoms in total. The van der Waals surface area contributed by atoms with E-state index in [1.165, 1.54) is 17.0 Å². The molecule has 0 saturated heterocycles. The molecule has 15 heavy (non-hydrogen) atoms. The van der Waals surface area contributed by atoms with Crippen LogP contribution in [0.25, 0.3) is 6.08 Å². The van der Waals surface area contributed by atoms with E-state index in [1.807, 2.05) is 0 Å². The number of amides is 1. The number of carbonyl (C=O) groups excluding carboxylic acids is 1. The zero-order valence-corrected chi connectivity index (χ0v) is 8.96. The summed E-state index contributed by atoms with van der Waals surface area (Å²) < 4.78 is 13.1. The highest BCUT2D eigenvalue weighted by Gasteiger charge is 2.07. The van der Waals surface area contributed by atoms with Gasteiger partial charge >= 0.3 is 0 Å². The van der Waals surface area contributed by atoms with Gasteiger partial charge in [-0.3, -0.25) is 4.79 Å². The molecule has 0 N–H and O–H groups in total. The van der Waals surface area contributed by atoms with Crippen molar-refractivity contribution in [3.8, 4) is 0 Å². The molecule has 0 aliphatic heterocycles. The maximum Gasteiger partial charge on any atom is 0.226 e. The van der Waals surface area contributed by atoms with Crippen LogP contribution in [0.1, 0.15) is 11.1 Å². The summed E-state index contributed by atoms with van der Waals surface area (Å²) in [5.74, 6) is -0.385. The molecule has 0 unspecified atom stereocenters. The fraction of sp³-hybridized carbons (Fsp3) is 0.250. The lowest BCUT2D eigenvalue weighted by Crippen LogP contribution is -2.23. The number of carbonyl (C=O) groups is 1. The van der Waals surface area contributed by atoms with Crippen LogP contribution in [0.15, 0.2) is 24.8 Å². The SMILES string of the molecule is C=Cc1cc(F)cc(CC(=O)N(C)C)c1. The summed E-state index contributed by atoms with van der Waals surface area (Å²) in [4.78, 5) is 12.9. The number of halogens is 1. The van der Waals surface area contributed by atoms with E-state index < -0.39 is 0 Å². The molecule has 1 rings (SSSR count). The third kappa shape index (κ3) is 3.20. The van der Waals surface area contributed by atoms with Gasteiger partial charge in [0, 0.05) is 14.1 Å². The number of benzene rings is 1. The maximum atomic E-state index is 13.1. The molecule has 0 aliphatic rings. The zero-order chi connectivity index (χ0) is 11.4. The molecule has 3 heteroatoms. The van der Waals surface area contributed by atoms with Gasteiger partial charge in [0.15, 0.2) is 0 Å². The number of likely N-dealkylation sites (N-methyl/N-ethyl adjacent to an activating group) is 1. The van der Waals surface area contributed by atoms with Crippen LogP contribution in [-0.4, -0.2) is 24.9 Å². The lowest BCUT2D eigenvalue weighted by Gasteiger charge is -2.10. The van der Waals surface area contributed by atoms with Gasteiger partial charge in [0.05, 0.1) is 6.42 Å². The Morgan fingerprint density at radius 1 is 1.47 bits per heavy atom. The van der Waals surface area contributed by atoms with Crippen molar-refractivity contribution in [1.82, 2.24) is 4.90 Å². The minimum atomic E-state index is -0.339. The first kappa shape index (κ1) is 11.4. The fourth-order valence-corrected chi connectivity index (χ4v) is 1.23. The summed E-state index contributed by atoms with van der Waals surface area (Å²) in [5, 5.41) is 0. The van der Waals surface area contributed by atoms with Gasteiger partial charge in [0.25, 0.3) is 0 Å². The van der Waals surface area contributed by atoms with E-state index >= 15 is 0 Å². The Kier molecular flexibility index (Phi) is 3.61. The topological polar surface area (TPSA) is 20.3 Å². The van der Waals surface area contributed by atoms with Gasteiger partial charge in [-0.15, -0.1) is 0 Å². The van der Waals surface area contributed by atoms with Crippen LogP contribution in [0.4, 0.5) is 4.39 Å². The lowest BCUT2D eigenvalue weighted by atomic mass is 10.1. The molecule has 80 valence electrons. The maximum absolute atomic E-state index is 13.1. The monoisotopic (exact) mass is 207 g/mol. The van der Waals surface area contributed by atoms with E-state index in [2.05, 4.69) is 6.58 Å². The Morgan fingerprint density at radius 2 is 2.13 bits per heavy atom. The lowest BCUT2D eigenvalue weighted by molar-refractivity contribution is -0.127. The van der Waals surface area contributed by atoms with E-state index in [0.29, 0.717) is 11.1 Å². The molecule has 0 atom stereocenters. The highest BCUT2D eigenvalue weighted by atomic mass is 19.1. The normalized spacial score (nSPS) is 9.80. The van der Waals surface area contributed by atoms with Crippen molar-refractivity contribution in [3.05, 3.63) is 41.7 Å². The number of hydrogen-bond acceptors (Lipinski definition) is 1. The van der Waals surface area contributed by atoms with Crippen molar-refractivity contribution < 1.29 is 9.18 Å². The Labute approximate surface area is 89.0 Å². The summed E-state index contributed by atoms with van der Waals surface area (Å²) in [6.07, 6.45) is 1.78. The van der Waals surface area contributed by atoms with Crippen LogP contribution in [0.2, 0.25) is 0 Å². The first-order chi connectivity index (χ1) is 7.02. The standard InChI is InChI=1S/C12H14FNO/c1-4-9-5-10(7-11(13)6-9)8-12(15)14(2)3/h4-7H,1,8H2,2-3H3. The highest BCUT2D eigenvalue weighted by Crippen LogP contribution is 2.11. The Bertz CT molecular complexity index is 385. The molecule has 0 radical (unpaired) electrons. The first-order valence-corrected chi connectivity index (χ1v) is 4.65. The molecule has 0 fully saturated rings. The average Bonchev–Trinajstić information content (AvgIpc) is 2.16. The minimum Gasteiger partial charge on any atom is -0.349 e. The predicted molar refractivity (Wildman–Crippen MR) is 58.9 cm³/mol. The number of rotatable bonds is 3. The minimum absolute atomic E-state index is 0.0457. The Hall–Kier alpha value is -1.64. The second-order valence-electron chi connectivity index (χ2n) is 3.56. The summed E-state index contributed by atoms with van der Waals surface area (Å²) in [6, 6.07) is 4.52. The Morgan fingerprint density at radius 3 is 2.67 bits per heavy atom. The molecule has 0 aliphatic carbocycles. The largest absolute Gasteiger partial charge is 0.349 e. The molecule has 1 aromatic carbocycles. The van der Waals surface area contributed by atoms with Crippen molar-refractivity contribution in [2.75, 3.05) is 14.1 Å². The molecule has 0 aromatic heterocycles. The van der Waals surface area contributed by atoms with Crippen LogP contribution < -0.4 is 0 Å². The summed E-state index contributed by atoms with van der Waals surface area (Å²) in [7, 11) is 3.35. The zero-order valence-electron chi connectivity index (χ0n) is 8.96. The van der Waals surface area contributed by atoms with Gasteiger partial charge in [-0.1, -0.05) is 18.7 Å². The van der Waals surface area contributed by atoms with Gasteiger partial charge in [-0.05, 0) is 23.3 Å². The van der Waals surface area contributed by atoms with E-state index in [-0.39, 0.29) is 18.1 Å². The van der Waals surface area contributed by atoms with E-state index in [1.54, 1.807) is 26.2 Å². The first-order valence-electron chi connectivity index (χ1n) is 4.65. The van der Waals surface area contributed by atoms with Gasteiger partial charge in [-0.2, -0.15) is 0 Å². The molecule has 1 aromatic rings. The quantitative estimate of drug-likeness (QED) is 0.743. The second-order valence-corrected chi connectivity index (χ2v) is 3.56. The van der Waals surface area contributed by atoms with Crippen LogP contribution in [0, 0.1) is 5.82 Å².